The third-order valence-corrected chi connectivity index (χ3v) is 4.85. The Morgan fingerprint density at radius 1 is 1.32 bits per heavy atom. The third-order valence-electron chi connectivity index (χ3n) is 3.77. The molecule has 2 aromatic rings. The summed E-state index contributed by atoms with van der Waals surface area (Å²) in [5, 5.41) is 0.417. The summed E-state index contributed by atoms with van der Waals surface area (Å²) in [7, 11) is 1.60. The van der Waals surface area contributed by atoms with Gasteiger partial charge in [0.2, 0.25) is 0 Å². The van der Waals surface area contributed by atoms with Crippen LogP contribution in [0.1, 0.15) is 29.3 Å². The molecule has 3 nitrogen and oxygen atoms in total. The first kappa shape index (κ1) is 15.1. The number of benzene rings is 1. The molecule has 1 atom stereocenters. The minimum atomic E-state index is -4.34. The van der Waals surface area contributed by atoms with Crippen LogP contribution in [-0.2, 0) is 6.18 Å². The van der Waals surface area contributed by atoms with E-state index >= 15 is 0 Å². The standard InChI is InChI=1S/C15H15F3N2OS/c1-21-12-7-3-2-5-10(12)11-6-4-8-20(11)14-19-9-13(22-14)15(16,17)18/h2-3,5,7,9,11H,4,6,8H2,1H3. The summed E-state index contributed by atoms with van der Waals surface area (Å²) in [6.07, 6.45) is -1.63. The van der Waals surface area contributed by atoms with Gasteiger partial charge in [-0.3, -0.25) is 0 Å². The molecule has 0 saturated carbocycles. The van der Waals surface area contributed by atoms with Gasteiger partial charge in [0.1, 0.15) is 10.6 Å². The molecule has 1 aromatic heterocycles. The van der Waals surface area contributed by atoms with Crippen molar-refractivity contribution in [1.29, 1.82) is 0 Å². The molecule has 3 rings (SSSR count). The predicted octanol–water partition coefficient (Wildman–Crippen LogP) is 4.51. The van der Waals surface area contributed by atoms with Crippen molar-refractivity contribution in [3.8, 4) is 5.75 Å². The van der Waals surface area contributed by atoms with E-state index in [0.29, 0.717) is 23.0 Å². The zero-order valence-electron chi connectivity index (χ0n) is 11.9. The molecule has 0 bridgehead atoms. The number of methoxy groups -OCH3 is 1. The highest BCUT2D eigenvalue weighted by Gasteiger charge is 2.36. The van der Waals surface area contributed by atoms with E-state index in [4.69, 9.17) is 4.74 Å². The quantitative estimate of drug-likeness (QED) is 0.829. The summed E-state index contributed by atoms with van der Waals surface area (Å²) >= 11 is 0.698. The van der Waals surface area contributed by atoms with Crippen LogP contribution in [0.25, 0.3) is 0 Å². The van der Waals surface area contributed by atoms with Crippen LogP contribution in [0.5, 0.6) is 5.75 Å². The number of nitrogens with zero attached hydrogens (tertiary/aromatic N) is 2. The monoisotopic (exact) mass is 328 g/mol. The maximum Gasteiger partial charge on any atom is 0.427 e. The fraction of sp³-hybridized carbons (Fsp3) is 0.400. The topological polar surface area (TPSA) is 25.4 Å². The zero-order valence-corrected chi connectivity index (χ0v) is 12.7. The van der Waals surface area contributed by atoms with Crippen LogP contribution in [0.3, 0.4) is 0 Å². The SMILES string of the molecule is COc1ccccc1C1CCCN1c1ncc(C(F)(F)F)s1. The summed E-state index contributed by atoms with van der Waals surface area (Å²) in [4.78, 5) is 5.26. The van der Waals surface area contributed by atoms with Gasteiger partial charge in [-0.25, -0.2) is 4.98 Å². The first-order valence-corrected chi connectivity index (χ1v) is 7.75. The van der Waals surface area contributed by atoms with Gasteiger partial charge in [-0.15, -0.1) is 0 Å². The van der Waals surface area contributed by atoms with Gasteiger partial charge in [0.05, 0.1) is 19.3 Å². The highest BCUT2D eigenvalue weighted by atomic mass is 32.1. The first-order valence-electron chi connectivity index (χ1n) is 6.93. The zero-order chi connectivity index (χ0) is 15.7. The van der Waals surface area contributed by atoms with Gasteiger partial charge in [0.25, 0.3) is 0 Å². The van der Waals surface area contributed by atoms with E-state index in [-0.39, 0.29) is 6.04 Å². The Labute approximate surface area is 130 Å². The van der Waals surface area contributed by atoms with Gasteiger partial charge in [-0.2, -0.15) is 13.2 Å². The Kier molecular flexibility index (Phi) is 3.99. The van der Waals surface area contributed by atoms with Crippen molar-refractivity contribution in [2.45, 2.75) is 25.1 Å². The van der Waals surface area contributed by atoms with Gasteiger partial charge in [-0.1, -0.05) is 29.5 Å². The van der Waals surface area contributed by atoms with Crippen LogP contribution in [-0.4, -0.2) is 18.6 Å². The van der Waals surface area contributed by atoms with Crippen molar-refractivity contribution in [2.24, 2.45) is 0 Å². The number of hydrogen-bond donors (Lipinski definition) is 0. The van der Waals surface area contributed by atoms with Crippen molar-refractivity contribution in [3.05, 3.63) is 40.9 Å². The van der Waals surface area contributed by atoms with Crippen molar-refractivity contribution in [1.82, 2.24) is 4.98 Å². The van der Waals surface area contributed by atoms with E-state index in [2.05, 4.69) is 4.98 Å². The largest absolute Gasteiger partial charge is 0.496 e. The fourth-order valence-corrected chi connectivity index (χ4v) is 3.65. The molecule has 118 valence electrons. The molecule has 0 amide bonds. The number of rotatable bonds is 3. The second-order valence-electron chi connectivity index (χ2n) is 5.10. The number of para-hydroxylation sites is 1. The van der Waals surface area contributed by atoms with Gasteiger partial charge in [0, 0.05) is 12.1 Å². The predicted molar refractivity (Wildman–Crippen MR) is 79.4 cm³/mol. The molecule has 1 aliphatic rings. The van der Waals surface area contributed by atoms with Crippen molar-refractivity contribution < 1.29 is 17.9 Å². The maximum atomic E-state index is 12.8. The lowest BCUT2D eigenvalue weighted by molar-refractivity contribution is -0.134. The Morgan fingerprint density at radius 2 is 2.09 bits per heavy atom. The summed E-state index contributed by atoms with van der Waals surface area (Å²) < 4.78 is 43.7. The second kappa shape index (κ2) is 5.79. The highest BCUT2D eigenvalue weighted by Crippen LogP contribution is 2.43. The molecule has 0 N–H and O–H groups in total. The lowest BCUT2D eigenvalue weighted by Crippen LogP contribution is -2.22. The molecule has 7 heteroatoms. The van der Waals surface area contributed by atoms with Gasteiger partial charge in [-0.05, 0) is 18.9 Å². The lowest BCUT2D eigenvalue weighted by Gasteiger charge is -2.25. The van der Waals surface area contributed by atoms with Crippen LogP contribution in [0.2, 0.25) is 0 Å². The molecule has 22 heavy (non-hydrogen) atoms. The van der Waals surface area contributed by atoms with Crippen LogP contribution in [0, 0.1) is 0 Å². The smallest absolute Gasteiger partial charge is 0.427 e. The van der Waals surface area contributed by atoms with E-state index in [9.17, 15) is 13.2 Å². The molecule has 2 heterocycles. The highest BCUT2D eigenvalue weighted by molar-refractivity contribution is 7.15. The van der Waals surface area contributed by atoms with Gasteiger partial charge < -0.3 is 9.64 Å². The Balaban J connectivity index is 1.92. The van der Waals surface area contributed by atoms with Crippen LogP contribution < -0.4 is 9.64 Å². The van der Waals surface area contributed by atoms with E-state index in [1.807, 2.05) is 29.2 Å². The molecule has 1 saturated heterocycles. The average Bonchev–Trinajstić information content (AvgIpc) is 3.15. The molecule has 0 aliphatic carbocycles. The van der Waals surface area contributed by atoms with Crippen molar-refractivity contribution in [3.63, 3.8) is 0 Å². The summed E-state index contributed by atoms with van der Waals surface area (Å²) in [6.45, 7) is 0.702. The van der Waals surface area contributed by atoms with E-state index in [1.54, 1.807) is 7.11 Å². The molecule has 1 fully saturated rings. The molecule has 1 aromatic carbocycles. The number of ether oxygens (including phenoxy) is 1. The number of aromatic nitrogens is 1. The number of thiazole rings is 1. The summed E-state index contributed by atoms with van der Waals surface area (Å²) in [6, 6.07) is 7.63. The Morgan fingerprint density at radius 3 is 2.77 bits per heavy atom. The first-order chi connectivity index (χ1) is 10.5. The Hall–Kier alpha value is -1.76. The minimum absolute atomic E-state index is 0.00313. The normalized spacial score (nSPS) is 18.7. The summed E-state index contributed by atoms with van der Waals surface area (Å²) in [5.74, 6) is 0.756. The molecule has 0 spiro atoms. The van der Waals surface area contributed by atoms with E-state index in [0.717, 1.165) is 30.4 Å². The third kappa shape index (κ3) is 2.77. The molecule has 0 radical (unpaired) electrons. The summed E-state index contributed by atoms with van der Waals surface area (Å²) in [5.41, 5.74) is 0.992. The fourth-order valence-electron chi connectivity index (χ4n) is 2.79. The van der Waals surface area contributed by atoms with Crippen molar-refractivity contribution in [2.75, 3.05) is 18.6 Å². The van der Waals surface area contributed by atoms with Gasteiger partial charge >= 0.3 is 6.18 Å². The van der Waals surface area contributed by atoms with Crippen LogP contribution in [0.15, 0.2) is 30.5 Å². The average molecular weight is 328 g/mol. The number of hydrogen-bond acceptors (Lipinski definition) is 4. The van der Waals surface area contributed by atoms with E-state index in [1.165, 1.54) is 0 Å². The molecule has 1 aliphatic heterocycles. The number of halogens is 3. The molecular weight excluding hydrogens is 313 g/mol. The number of anilines is 1. The van der Waals surface area contributed by atoms with Crippen molar-refractivity contribution >= 4 is 16.5 Å². The maximum absolute atomic E-state index is 12.8. The van der Waals surface area contributed by atoms with E-state index < -0.39 is 11.1 Å². The Bertz CT molecular complexity index is 656. The lowest BCUT2D eigenvalue weighted by atomic mass is 10.0. The van der Waals surface area contributed by atoms with Crippen LogP contribution >= 0.6 is 11.3 Å². The van der Waals surface area contributed by atoms with Gasteiger partial charge in [0.15, 0.2) is 5.13 Å². The molecule has 1 unspecified atom stereocenters. The number of alkyl halides is 3. The minimum Gasteiger partial charge on any atom is -0.496 e. The second-order valence-corrected chi connectivity index (χ2v) is 6.11. The van der Waals surface area contributed by atoms with Crippen LogP contribution in [0.4, 0.5) is 18.3 Å². The molecular formula is C15H15F3N2OS.